The van der Waals surface area contributed by atoms with Crippen LogP contribution in [0.5, 0.6) is 0 Å². The molecule has 2 aromatic carbocycles. The average molecular weight is 422 g/mol. The van der Waals surface area contributed by atoms with E-state index in [2.05, 4.69) is 59.5 Å². The molecule has 0 aromatic heterocycles. The largest absolute Gasteiger partial charge is 0.350 e. The molecule has 1 N–H and O–H groups in total. The second kappa shape index (κ2) is 10.3. The van der Waals surface area contributed by atoms with Gasteiger partial charge >= 0.3 is 0 Å². The van der Waals surface area contributed by atoms with Gasteiger partial charge in [0, 0.05) is 42.3 Å². The number of hydrogen-bond acceptors (Lipinski definition) is 3. The number of hydrogen-bond donors (Lipinski definition) is 1. The fourth-order valence-electron chi connectivity index (χ4n) is 3.70. The molecule has 1 amide bonds. The third-order valence-electron chi connectivity index (χ3n) is 5.67. The Labute approximate surface area is 179 Å². The lowest BCUT2D eigenvalue weighted by Crippen LogP contribution is -2.58. The van der Waals surface area contributed by atoms with E-state index in [1.54, 1.807) is 24.3 Å². The van der Waals surface area contributed by atoms with Crippen molar-refractivity contribution in [2.24, 2.45) is 0 Å². The molecule has 1 saturated heterocycles. The summed E-state index contributed by atoms with van der Waals surface area (Å²) in [5.74, 6) is -0.0420. The fourth-order valence-corrected chi connectivity index (χ4v) is 3.83. The molecule has 1 aliphatic rings. The van der Waals surface area contributed by atoms with Crippen molar-refractivity contribution < 1.29 is 4.79 Å². The monoisotopic (exact) mass is 421 g/mol. The second-order valence-electron chi connectivity index (χ2n) is 7.57. The highest BCUT2D eigenvalue weighted by atomic mass is 35.5. The molecule has 1 aliphatic heterocycles. The Morgan fingerprint density at radius 1 is 1.07 bits per heavy atom. The van der Waals surface area contributed by atoms with Crippen molar-refractivity contribution in [3.8, 4) is 0 Å². The van der Waals surface area contributed by atoms with Crippen LogP contribution >= 0.6 is 24.0 Å². The molecule has 0 aliphatic carbocycles. The predicted molar refractivity (Wildman–Crippen MR) is 118 cm³/mol. The molecule has 3 rings (SSSR count). The molecule has 6 heteroatoms. The highest BCUT2D eigenvalue weighted by molar-refractivity contribution is 6.30. The molecule has 1 heterocycles. The third-order valence-corrected chi connectivity index (χ3v) is 5.92. The number of piperidine rings is 1. The van der Waals surface area contributed by atoms with Crippen molar-refractivity contribution in [2.45, 2.75) is 24.9 Å². The highest BCUT2D eigenvalue weighted by Gasteiger charge is 2.36. The van der Waals surface area contributed by atoms with E-state index < -0.39 is 0 Å². The Bertz CT molecular complexity index is 742. The van der Waals surface area contributed by atoms with Crippen molar-refractivity contribution in [3.63, 3.8) is 0 Å². The maximum absolute atomic E-state index is 12.5. The van der Waals surface area contributed by atoms with Crippen LogP contribution in [0.1, 0.15) is 28.8 Å². The summed E-state index contributed by atoms with van der Waals surface area (Å²) < 4.78 is 0. The molecule has 4 nitrogen and oxygen atoms in total. The van der Waals surface area contributed by atoms with E-state index in [4.69, 9.17) is 11.6 Å². The number of likely N-dealkylation sites (N-methyl/N-ethyl adjacent to an activating group) is 1. The standard InChI is InChI=1S/C22H28ClN3O.ClH/c1-25(2)22(17-24-21(27)19-8-10-20(23)11-9-19)12-14-26(15-13-22)16-18-6-4-3-5-7-18;/h3-11H,12-17H2,1-2H3,(H,24,27);1H. The van der Waals surface area contributed by atoms with Crippen molar-refractivity contribution >= 4 is 29.9 Å². The van der Waals surface area contributed by atoms with Crippen molar-refractivity contribution in [1.82, 2.24) is 15.1 Å². The van der Waals surface area contributed by atoms with Gasteiger partial charge < -0.3 is 10.2 Å². The molecule has 0 unspecified atom stereocenters. The number of nitrogens with one attached hydrogen (secondary N) is 1. The molecule has 0 radical (unpaired) electrons. The van der Waals surface area contributed by atoms with Crippen LogP contribution in [0.25, 0.3) is 0 Å². The molecule has 152 valence electrons. The summed E-state index contributed by atoms with van der Waals surface area (Å²) >= 11 is 5.91. The quantitative estimate of drug-likeness (QED) is 0.762. The Hall–Kier alpha value is -1.59. The van der Waals surface area contributed by atoms with Crippen LogP contribution in [0.3, 0.4) is 0 Å². The first-order valence-corrected chi connectivity index (χ1v) is 9.84. The zero-order valence-electron chi connectivity index (χ0n) is 16.5. The van der Waals surface area contributed by atoms with Crippen LogP contribution in [0.15, 0.2) is 54.6 Å². The summed E-state index contributed by atoms with van der Waals surface area (Å²) in [7, 11) is 4.22. The van der Waals surface area contributed by atoms with Gasteiger partial charge in [-0.3, -0.25) is 9.69 Å². The number of rotatable bonds is 6. The first kappa shape index (κ1) is 22.7. The fraction of sp³-hybridized carbons (Fsp3) is 0.409. The Kier molecular flexibility index (Phi) is 8.32. The summed E-state index contributed by atoms with van der Waals surface area (Å²) in [5.41, 5.74) is 2.00. The van der Waals surface area contributed by atoms with Gasteiger partial charge in [0.25, 0.3) is 5.91 Å². The predicted octanol–water partition coefficient (Wildman–Crippen LogP) is 4.09. The summed E-state index contributed by atoms with van der Waals surface area (Å²) in [4.78, 5) is 17.3. The second-order valence-corrected chi connectivity index (χ2v) is 8.01. The molecule has 1 fully saturated rings. The van der Waals surface area contributed by atoms with Crippen molar-refractivity contribution in [3.05, 3.63) is 70.7 Å². The van der Waals surface area contributed by atoms with E-state index in [0.29, 0.717) is 17.1 Å². The summed E-state index contributed by atoms with van der Waals surface area (Å²) in [6.45, 7) is 3.70. The van der Waals surface area contributed by atoms with E-state index in [-0.39, 0.29) is 23.9 Å². The molecule has 2 aromatic rings. The summed E-state index contributed by atoms with van der Waals surface area (Å²) in [6, 6.07) is 17.6. The van der Waals surface area contributed by atoms with Crippen molar-refractivity contribution in [1.29, 1.82) is 0 Å². The first-order valence-electron chi connectivity index (χ1n) is 9.46. The zero-order chi connectivity index (χ0) is 19.3. The van der Waals surface area contributed by atoms with E-state index in [0.717, 1.165) is 32.5 Å². The number of carbonyl (C=O) groups is 1. The average Bonchev–Trinajstić information content (AvgIpc) is 2.68. The number of likely N-dealkylation sites (tertiary alicyclic amines) is 1. The smallest absolute Gasteiger partial charge is 0.251 e. The van der Waals surface area contributed by atoms with E-state index in [1.807, 2.05) is 0 Å². The molecule has 28 heavy (non-hydrogen) atoms. The number of halogens is 2. The van der Waals surface area contributed by atoms with Crippen LogP contribution in [0, 0.1) is 0 Å². The lowest BCUT2D eigenvalue weighted by Gasteiger charge is -2.46. The van der Waals surface area contributed by atoms with E-state index in [9.17, 15) is 4.79 Å². The highest BCUT2D eigenvalue weighted by Crippen LogP contribution is 2.27. The number of carbonyl (C=O) groups excluding carboxylic acids is 1. The normalized spacial score (nSPS) is 16.4. The first-order chi connectivity index (χ1) is 13.0. The van der Waals surface area contributed by atoms with E-state index in [1.165, 1.54) is 5.56 Å². The van der Waals surface area contributed by atoms with Gasteiger partial charge in [0.2, 0.25) is 0 Å². The molecule has 0 bridgehead atoms. The third kappa shape index (κ3) is 5.71. The van der Waals surface area contributed by atoms with Crippen LogP contribution < -0.4 is 5.32 Å². The minimum Gasteiger partial charge on any atom is -0.350 e. The Morgan fingerprint density at radius 2 is 1.68 bits per heavy atom. The van der Waals surface area contributed by atoms with Gasteiger partial charge in [-0.2, -0.15) is 0 Å². The Balaban J connectivity index is 0.00000280. The molecule has 0 atom stereocenters. The van der Waals surface area contributed by atoms with Crippen LogP contribution in [0.2, 0.25) is 5.02 Å². The van der Waals surface area contributed by atoms with E-state index >= 15 is 0 Å². The van der Waals surface area contributed by atoms with Gasteiger partial charge in [-0.05, 0) is 56.8 Å². The minimum absolute atomic E-state index is 0. The van der Waals surface area contributed by atoms with Crippen LogP contribution in [-0.2, 0) is 6.54 Å². The van der Waals surface area contributed by atoms with Gasteiger partial charge in [-0.25, -0.2) is 0 Å². The molecular weight excluding hydrogens is 393 g/mol. The SMILES string of the molecule is CN(C)C1(CNC(=O)c2ccc(Cl)cc2)CCN(Cc2ccccc2)CC1.Cl. The molecule has 0 spiro atoms. The number of benzene rings is 2. The topological polar surface area (TPSA) is 35.6 Å². The minimum atomic E-state index is -0.0420. The van der Waals surface area contributed by atoms with Gasteiger partial charge in [0.15, 0.2) is 0 Å². The summed E-state index contributed by atoms with van der Waals surface area (Å²) in [5, 5.41) is 3.77. The van der Waals surface area contributed by atoms with Gasteiger partial charge in [-0.15, -0.1) is 12.4 Å². The van der Waals surface area contributed by atoms with Gasteiger partial charge in [0.05, 0.1) is 0 Å². The lowest BCUT2D eigenvalue weighted by atomic mass is 9.85. The molecule has 0 saturated carbocycles. The molecular formula is C22H29Cl2N3O. The van der Waals surface area contributed by atoms with Gasteiger partial charge in [0.1, 0.15) is 0 Å². The summed E-state index contributed by atoms with van der Waals surface area (Å²) in [6.07, 6.45) is 2.07. The maximum Gasteiger partial charge on any atom is 0.251 e. The van der Waals surface area contributed by atoms with Crippen LogP contribution in [0.4, 0.5) is 0 Å². The zero-order valence-corrected chi connectivity index (χ0v) is 18.1. The number of amides is 1. The number of nitrogens with zero attached hydrogens (tertiary/aromatic N) is 2. The van der Waals surface area contributed by atoms with Gasteiger partial charge in [-0.1, -0.05) is 41.9 Å². The maximum atomic E-state index is 12.5. The lowest BCUT2D eigenvalue weighted by molar-refractivity contribution is 0.0504. The Morgan fingerprint density at radius 3 is 2.25 bits per heavy atom. The van der Waals surface area contributed by atoms with Crippen LogP contribution in [-0.4, -0.2) is 55.0 Å². The van der Waals surface area contributed by atoms with Crippen molar-refractivity contribution in [2.75, 3.05) is 33.7 Å².